The Kier molecular flexibility index (Phi) is 4.44. The smallest absolute Gasteiger partial charge is 0.273 e. The van der Waals surface area contributed by atoms with E-state index in [2.05, 4.69) is 10.3 Å². The summed E-state index contributed by atoms with van der Waals surface area (Å²) in [5.74, 6) is 0.558. The van der Waals surface area contributed by atoms with Crippen LogP contribution in [0, 0.1) is 0 Å². The number of benzene rings is 2. The van der Waals surface area contributed by atoms with E-state index in [1.165, 1.54) is 0 Å². The van der Waals surface area contributed by atoms with Crippen molar-refractivity contribution in [3.8, 4) is 22.8 Å². The van der Waals surface area contributed by atoms with Crippen LogP contribution in [0.2, 0.25) is 5.02 Å². The summed E-state index contributed by atoms with van der Waals surface area (Å²) in [5, 5.41) is 3.35. The Morgan fingerprint density at radius 1 is 1.13 bits per heavy atom. The van der Waals surface area contributed by atoms with Gasteiger partial charge in [-0.1, -0.05) is 48.0 Å². The normalized spacial score (nSPS) is 10.5. The molecule has 0 aliphatic rings. The first kappa shape index (κ1) is 15.3. The maximum Gasteiger partial charge on any atom is 0.273 e. The third kappa shape index (κ3) is 3.27. The number of aromatic nitrogens is 1. The maximum atomic E-state index is 12.3. The van der Waals surface area contributed by atoms with Gasteiger partial charge < -0.3 is 9.73 Å². The standard InChI is InChI=1S/C18H15ClN2O2/c1-2-20-17(22)15-16(12-7-4-3-5-8-12)23-18(21-15)13-9-6-10-14(19)11-13/h3-11H,2H2,1H3,(H,20,22). The summed E-state index contributed by atoms with van der Waals surface area (Å²) in [7, 11) is 0. The van der Waals surface area contributed by atoms with Crippen LogP contribution in [-0.2, 0) is 0 Å². The van der Waals surface area contributed by atoms with Crippen LogP contribution in [0.15, 0.2) is 59.0 Å². The molecule has 0 radical (unpaired) electrons. The van der Waals surface area contributed by atoms with Crippen molar-refractivity contribution in [3.63, 3.8) is 0 Å². The minimum Gasteiger partial charge on any atom is -0.435 e. The lowest BCUT2D eigenvalue weighted by molar-refractivity contribution is 0.0951. The molecule has 0 spiro atoms. The number of nitrogens with zero attached hydrogens (tertiary/aromatic N) is 1. The lowest BCUT2D eigenvalue weighted by atomic mass is 10.1. The molecule has 3 rings (SSSR count). The van der Waals surface area contributed by atoms with Crippen LogP contribution in [0.25, 0.3) is 22.8 Å². The van der Waals surface area contributed by atoms with Crippen molar-refractivity contribution in [3.05, 3.63) is 65.3 Å². The molecule has 1 heterocycles. The van der Waals surface area contributed by atoms with Gasteiger partial charge >= 0.3 is 0 Å². The molecule has 0 aliphatic heterocycles. The molecule has 0 saturated carbocycles. The summed E-state index contributed by atoms with van der Waals surface area (Å²) < 4.78 is 5.88. The van der Waals surface area contributed by atoms with Gasteiger partial charge in [0.05, 0.1) is 0 Å². The molecule has 3 aromatic rings. The van der Waals surface area contributed by atoms with E-state index in [9.17, 15) is 4.79 Å². The Bertz CT molecular complexity index is 828. The summed E-state index contributed by atoms with van der Waals surface area (Å²) in [5.41, 5.74) is 1.80. The summed E-state index contributed by atoms with van der Waals surface area (Å²) >= 11 is 6.02. The zero-order chi connectivity index (χ0) is 16.2. The Balaban J connectivity index is 2.12. The molecule has 116 valence electrons. The molecular formula is C18H15ClN2O2. The SMILES string of the molecule is CCNC(=O)c1nc(-c2cccc(Cl)c2)oc1-c1ccccc1. The molecule has 1 aromatic heterocycles. The van der Waals surface area contributed by atoms with Gasteiger partial charge in [0.15, 0.2) is 11.5 Å². The molecule has 2 aromatic carbocycles. The van der Waals surface area contributed by atoms with E-state index in [0.29, 0.717) is 23.2 Å². The van der Waals surface area contributed by atoms with Gasteiger partial charge in [-0.05, 0) is 25.1 Å². The number of amides is 1. The van der Waals surface area contributed by atoms with E-state index in [-0.39, 0.29) is 11.6 Å². The van der Waals surface area contributed by atoms with Crippen molar-refractivity contribution in [2.24, 2.45) is 0 Å². The highest BCUT2D eigenvalue weighted by molar-refractivity contribution is 6.30. The fourth-order valence-corrected chi connectivity index (χ4v) is 2.44. The molecule has 1 amide bonds. The average molecular weight is 327 g/mol. The van der Waals surface area contributed by atoms with Crippen LogP contribution >= 0.6 is 11.6 Å². The van der Waals surface area contributed by atoms with Gasteiger partial charge in [-0.15, -0.1) is 0 Å². The molecule has 0 unspecified atom stereocenters. The second-order valence-electron chi connectivity index (χ2n) is 4.93. The highest BCUT2D eigenvalue weighted by Gasteiger charge is 2.21. The third-order valence-corrected chi connectivity index (χ3v) is 3.52. The fourth-order valence-electron chi connectivity index (χ4n) is 2.25. The fraction of sp³-hybridized carbons (Fsp3) is 0.111. The van der Waals surface area contributed by atoms with E-state index >= 15 is 0 Å². The average Bonchev–Trinajstić information content (AvgIpc) is 3.01. The third-order valence-electron chi connectivity index (χ3n) is 3.29. The van der Waals surface area contributed by atoms with Crippen LogP contribution in [0.3, 0.4) is 0 Å². The minimum atomic E-state index is -0.261. The molecule has 0 aliphatic carbocycles. The van der Waals surface area contributed by atoms with Crippen molar-refractivity contribution in [1.29, 1.82) is 0 Å². The highest BCUT2D eigenvalue weighted by atomic mass is 35.5. The number of carbonyl (C=O) groups is 1. The molecule has 0 atom stereocenters. The van der Waals surface area contributed by atoms with E-state index in [4.69, 9.17) is 16.0 Å². The maximum absolute atomic E-state index is 12.3. The van der Waals surface area contributed by atoms with Gasteiger partial charge in [-0.2, -0.15) is 0 Å². The summed E-state index contributed by atoms with van der Waals surface area (Å²) in [6.07, 6.45) is 0. The number of nitrogens with one attached hydrogen (secondary N) is 1. The molecule has 0 fully saturated rings. The predicted molar refractivity (Wildman–Crippen MR) is 90.4 cm³/mol. The van der Waals surface area contributed by atoms with Crippen molar-refractivity contribution in [2.45, 2.75) is 6.92 Å². The lowest BCUT2D eigenvalue weighted by Crippen LogP contribution is -2.23. The van der Waals surface area contributed by atoms with E-state index < -0.39 is 0 Å². The Morgan fingerprint density at radius 2 is 1.87 bits per heavy atom. The minimum absolute atomic E-state index is 0.261. The molecule has 0 bridgehead atoms. The van der Waals surface area contributed by atoms with Crippen LogP contribution in [0.5, 0.6) is 0 Å². The van der Waals surface area contributed by atoms with E-state index in [1.54, 1.807) is 12.1 Å². The van der Waals surface area contributed by atoms with Gasteiger partial charge in [0.2, 0.25) is 5.89 Å². The first-order chi connectivity index (χ1) is 11.2. The highest BCUT2D eigenvalue weighted by Crippen LogP contribution is 2.30. The van der Waals surface area contributed by atoms with Crippen molar-refractivity contribution in [2.75, 3.05) is 6.54 Å². The molecule has 4 nitrogen and oxygen atoms in total. The molecular weight excluding hydrogens is 312 g/mol. The summed E-state index contributed by atoms with van der Waals surface area (Å²) in [4.78, 5) is 16.7. The topological polar surface area (TPSA) is 55.1 Å². The first-order valence-corrected chi connectivity index (χ1v) is 7.67. The quantitative estimate of drug-likeness (QED) is 0.772. The molecule has 23 heavy (non-hydrogen) atoms. The van der Waals surface area contributed by atoms with Crippen LogP contribution in [0.4, 0.5) is 0 Å². The van der Waals surface area contributed by atoms with Gasteiger partial charge in [0, 0.05) is 22.7 Å². The largest absolute Gasteiger partial charge is 0.435 e. The van der Waals surface area contributed by atoms with Crippen LogP contribution < -0.4 is 5.32 Å². The number of carbonyl (C=O) groups excluding carboxylic acids is 1. The van der Waals surface area contributed by atoms with Gasteiger partial charge in [-0.25, -0.2) is 4.98 Å². The van der Waals surface area contributed by atoms with Crippen molar-refractivity contribution >= 4 is 17.5 Å². The van der Waals surface area contributed by atoms with Crippen molar-refractivity contribution < 1.29 is 9.21 Å². The summed E-state index contributed by atoms with van der Waals surface area (Å²) in [6, 6.07) is 16.6. The number of rotatable bonds is 4. The van der Waals surface area contributed by atoms with Crippen LogP contribution in [0.1, 0.15) is 17.4 Å². The Hall–Kier alpha value is -2.59. The van der Waals surface area contributed by atoms with Gasteiger partial charge in [0.25, 0.3) is 5.91 Å². The second-order valence-corrected chi connectivity index (χ2v) is 5.37. The molecule has 5 heteroatoms. The first-order valence-electron chi connectivity index (χ1n) is 7.29. The predicted octanol–water partition coefficient (Wildman–Crippen LogP) is 4.41. The molecule has 0 saturated heterocycles. The Labute approximate surface area is 139 Å². The monoisotopic (exact) mass is 326 g/mol. The van der Waals surface area contributed by atoms with Gasteiger partial charge in [0.1, 0.15) is 0 Å². The van der Waals surface area contributed by atoms with Gasteiger partial charge in [-0.3, -0.25) is 4.79 Å². The number of hydrogen-bond donors (Lipinski definition) is 1. The summed E-state index contributed by atoms with van der Waals surface area (Å²) in [6.45, 7) is 2.38. The number of hydrogen-bond acceptors (Lipinski definition) is 3. The van der Waals surface area contributed by atoms with Crippen LogP contribution in [-0.4, -0.2) is 17.4 Å². The van der Waals surface area contributed by atoms with E-state index in [0.717, 1.165) is 11.1 Å². The van der Waals surface area contributed by atoms with Crippen molar-refractivity contribution in [1.82, 2.24) is 10.3 Å². The zero-order valence-corrected chi connectivity index (χ0v) is 13.3. The van der Waals surface area contributed by atoms with E-state index in [1.807, 2.05) is 49.4 Å². The second kappa shape index (κ2) is 6.67. The zero-order valence-electron chi connectivity index (χ0n) is 12.5. The Morgan fingerprint density at radius 3 is 2.57 bits per heavy atom. The lowest BCUT2D eigenvalue weighted by Gasteiger charge is -2.01. The number of halogens is 1. The molecule has 1 N–H and O–H groups in total. The number of oxazole rings is 1.